The lowest BCUT2D eigenvalue weighted by Gasteiger charge is -2.50. The van der Waals surface area contributed by atoms with Gasteiger partial charge in [0, 0.05) is 11.5 Å². The van der Waals surface area contributed by atoms with E-state index in [0.717, 1.165) is 5.56 Å². The molecule has 9 nitrogen and oxygen atoms in total. The van der Waals surface area contributed by atoms with Gasteiger partial charge in [-0.05, 0) is 62.4 Å². The van der Waals surface area contributed by atoms with Crippen LogP contribution in [-0.2, 0) is 22.4 Å². The van der Waals surface area contributed by atoms with Crippen molar-refractivity contribution in [3.63, 3.8) is 0 Å². The third-order valence-electron chi connectivity index (χ3n) is 7.33. The first-order valence-corrected chi connectivity index (χ1v) is 11.3. The molecule has 0 radical (unpaired) electrons. The summed E-state index contributed by atoms with van der Waals surface area (Å²) in [6.45, 7) is 4.09. The number of aliphatic hydroxyl groups excluding tert-OH is 2. The molecular weight excluding hydrogens is 440 g/mol. The number of hydrogen-bond donors (Lipinski definition) is 5. The third-order valence-corrected chi connectivity index (χ3v) is 7.33. The van der Waals surface area contributed by atoms with Gasteiger partial charge in [0.15, 0.2) is 11.4 Å². The molecule has 4 unspecified atom stereocenters. The van der Waals surface area contributed by atoms with Crippen LogP contribution in [0.15, 0.2) is 34.8 Å². The van der Waals surface area contributed by atoms with Crippen LogP contribution < -0.4 is 5.73 Å². The number of aliphatic hydroxyl groups is 3. The maximum Gasteiger partial charge on any atom is 0.255 e. The van der Waals surface area contributed by atoms with Crippen molar-refractivity contribution in [2.45, 2.75) is 44.8 Å². The maximum atomic E-state index is 13.6. The lowest BCUT2D eigenvalue weighted by molar-refractivity contribution is -0.148. The fourth-order valence-electron chi connectivity index (χ4n) is 5.95. The minimum atomic E-state index is -2.62. The van der Waals surface area contributed by atoms with Gasteiger partial charge in [-0.15, -0.1) is 0 Å². The van der Waals surface area contributed by atoms with Gasteiger partial charge in [-0.2, -0.15) is 0 Å². The molecule has 3 aliphatic carbocycles. The minimum Gasteiger partial charge on any atom is -0.510 e. The van der Waals surface area contributed by atoms with E-state index in [2.05, 4.69) is 0 Å². The monoisotopic (exact) mass is 470 g/mol. The molecule has 9 heteroatoms. The van der Waals surface area contributed by atoms with Gasteiger partial charge in [0.2, 0.25) is 5.78 Å². The molecule has 34 heavy (non-hydrogen) atoms. The number of hydrogen-bond acceptors (Lipinski definition) is 8. The van der Waals surface area contributed by atoms with Crippen LogP contribution in [0.2, 0.25) is 0 Å². The van der Waals surface area contributed by atoms with Crippen molar-refractivity contribution >= 4 is 17.5 Å². The number of carbonyl (C=O) groups excluding carboxylic acids is 3. The molecule has 0 saturated carbocycles. The summed E-state index contributed by atoms with van der Waals surface area (Å²) in [6.07, 6.45) is 1.08. The second-order valence-electron chi connectivity index (χ2n) is 10.2. The minimum absolute atomic E-state index is 0.0546. The van der Waals surface area contributed by atoms with Crippen LogP contribution in [0.3, 0.4) is 0 Å². The van der Waals surface area contributed by atoms with Gasteiger partial charge in [-0.25, -0.2) is 0 Å². The Morgan fingerprint density at radius 3 is 2.41 bits per heavy atom. The SMILES string of the molecule is CC(C)Cc1ccc(O)c2c1CC1CC3C(N(C)C)C(O)=C(C(N)=O)C(=O)C3(O)C(O)=C1C2=O. The van der Waals surface area contributed by atoms with Crippen molar-refractivity contribution in [3.8, 4) is 5.75 Å². The number of likely N-dealkylation sites (N-methyl/N-ethyl adjacent to an activating group) is 1. The van der Waals surface area contributed by atoms with E-state index in [1.807, 2.05) is 13.8 Å². The van der Waals surface area contributed by atoms with E-state index in [9.17, 15) is 34.8 Å². The van der Waals surface area contributed by atoms with Crippen LogP contribution >= 0.6 is 0 Å². The second kappa shape index (κ2) is 7.95. The molecule has 0 aromatic heterocycles. The van der Waals surface area contributed by atoms with Gasteiger partial charge < -0.3 is 26.2 Å². The number of fused-ring (bicyclic) bond motifs is 3. The highest BCUT2D eigenvalue weighted by molar-refractivity contribution is 6.24. The molecule has 0 fully saturated rings. The van der Waals surface area contributed by atoms with E-state index >= 15 is 0 Å². The van der Waals surface area contributed by atoms with Crippen molar-refractivity contribution in [3.05, 3.63) is 51.5 Å². The largest absolute Gasteiger partial charge is 0.510 e. The van der Waals surface area contributed by atoms with Gasteiger partial charge in [-0.1, -0.05) is 19.9 Å². The first-order valence-electron chi connectivity index (χ1n) is 11.3. The van der Waals surface area contributed by atoms with E-state index in [-0.39, 0.29) is 23.3 Å². The number of nitrogens with two attached hydrogens (primary N) is 1. The molecule has 0 spiro atoms. The van der Waals surface area contributed by atoms with Crippen LogP contribution in [0.5, 0.6) is 5.75 Å². The Morgan fingerprint density at radius 1 is 1.21 bits per heavy atom. The number of phenolic OH excluding ortho intramolecular Hbond substituents is 1. The molecule has 182 valence electrons. The Morgan fingerprint density at radius 2 is 1.85 bits per heavy atom. The van der Waals surface area contributed by atoms with E-state index in [4.69, 9.17) is 5.73 Å². The topological polar surface area (TPSA) is 161 Å². The summed E-state index contributed by atoms with van der Waals surface area (Å²) in [6, 6.07) is 2.23. The van der Waals surface area contributed by atoms with Crippen LogP contribution in [-0.4, -0.2) is 68.5 Å². The lowest BCUT2D eigenvalue weighted by atomic mass is 9.58. The maximum absolute atomic E-state index is 13.6. The third kappa shape index (κ3) is 3.18. The second-order valence-corrected chi connectivity index (χ2v) is 10.2. The van der Waals surface area contributed by atoms with Gasteiger partial charge in [-0.3, -0.25) is 19.3 Å². The quantitative estimate of drug-likeness (QED) is 0.412. The summed E-state index contributed by atoms with van der Waals surface area (Å²) in [5.74, 6) is -6.07. The summed E-state index contributed by atoms with van der Waals surface area (Å²) in [7, 11) is 3.21. The summed E-state index contributed by atoms with van der Waals surface area (Å²) in [4.78, 5) is 40.4. The molecule has 0 aliphatic heterocycles. The summed E-state index contributed by atoms with van der Waals surface area (Å²) in [5, 5.41) is 44.1. The molecule has 1 amide bonds. The van der Waals surface area contributed by atoms with E-state index in [1.54, 1.807) is 20.2 Å². The predicted molar refractivity (Wildman–Crippen MR) is 122 cm³/mol. The number of carbonyl (C=O) groups is 3. The highest BCUT2D eigenvalue weighted by Gasteiger charge is 2.63. The zero-order valence-electron chi connectivity index (χ0n) is 19.6. The molecule has 0 heterocycles. The summed E-state index contributed by atoms with van der Waals surface area (Å²) >= 11 is 0. The smallest absolute Gasteiger partial charge is 0.255 e. The first kappa shape index (κ1) is 24.0. The Hall–Kier alpha value is -3.17. The molecule has 0 bridgehead atoms. The Kier molecular flexibility index (Phi) is 5.61. The van der Waals surface area contributed by atoms with E-state index in [1.165, 1.54) is 11.0 Å². The summed E-state index contributed by atoms with van der Waals surface area (Å²) < 4.78 is 0. The van der Waals surface area contributed by atoms with Crippen molar-refractivity contribution < 1.29 is 34.8 Å². The average molecular weight is 471 g/mol. The van der Waals surface area contributed by atoms with Gasteiger partial charge in [0.1, 0.15) is 22.8 Å². The van der Waals surface area contributed by atoms with Gasteiger partial charge >= 0.3 is 0 Å². The van der Waals surface area contributed by atoms with Crippen LogP contribution in [0.25, 0.3) is 0 Å². The molecule has 3 aliphatic rings. The fraction of sp³-hybridized carbons (Fsp3) is 0.480. The van der Waals surface area contributed by atoms with E-state index in [0.29, 0.717) is 24.3 Å². The average Bonchev–Trinajstić information content (AvgIpc) is 2.72. The molecule has 1 aromatic carbocycles. The van der Waals surface area contributed by atoms with Crippen LogP contribution in [0.4, 0.5) is 0 Å². The van der Waals surface area contributed by atoms with Crippen molar-refractivity contribution in [1.82, 2.24) is 4.90 Å². The number of ketones is 2. The molecule has 1 aromatic rings. The van der Waals surface area contributed by atoms with Crippen molar-refractivity contribution in [2.75, 3.05) is 14.1 Å². The Bertz CT molecular complexity index is 1180. The van der Waals surface area contributed by atoms with Gasteiger partial charge in [0.05, 0.1) is 11.6 Å². The number of nitrogens with zero attached hydrogens (tertiary/aromatic N) is 1. The zero-order valence-corrected chi connectivity index (χ0v) is 19.6. The number of benzene rings is 1. The molecule has 4 atom stereocenters. The molecule has 0 saturated heterocycles. The standard InChI is InChI=1S/C25H30N2O7/c1-10(2)7-11-5-6-15(28)17-13(11)8-12-9-14-19(27(3)4)21(30)18(24(26)33)23(32)25(14,34)22(31)16(12)20(17)29/h5-6,10,12,14,19,28,30-31,34H,7-9H2,1-4H3,(H2,26,33). The highest BCUT2D eigenvalue weighted by Crippen LogP contribution is 2.52. The normalized spacial score (nSPS) is 28.9. The lowest BCUT2D eigenvalue weighted by Crippen LogP contribution is -2.63. The van der Waals surface area contributed by atoms with E-state index < -0.39 is 58.0 Å². The van der Waals surface area contributed by atoms with Gasteiger partial charge in [0.25, 0.3) is 5.91 Å². The number of rotatable bonds is 4. The highest BCUT2D eigenvalue weighted by atomic mass is 16.3. The zero-order chi connectivity index (χ0) is 25.3. The summed E-state index contributed by atoms with van der Waals surface area (Å²) in [5.41, 5.74) is 3.42. The van der Waals surface area contributed by atoms with Crippen LogP contribution in [0.1, 0.15) is 41.8 Å². The Labute approximate surface area is 197 Å². The van der Waals surface area contributed by atoms with Crippen molar-refractivity contribution in [2.24, 2.45) is 23.5 Å². The van der Waals surface area contributed by atoms with Crippen molar-refractivity contribution in [1.29, 1.82) is 0 Å². The molecule has 6 N–H and O–H groups in total. The number of aromatic hydroxyl groups is 1. The number of primary amides is 1. The molecular formula is C25H30N2O7. The van der Waals surface area contributed by atoms with Crippen LogP contribution in [0, 0.1) is 17.8 Å². The number of phenols is 1. The molecule has 4 rings (SSSR count). The number of amides is 1. The first-order chi connectivity index (χ1) is 15.8. The Balaban J connectivity index is 1.95. The number of Topliss-reactive ketones (excluding diaryl/α,β-unsaturated/α-hetero) is 2. The fourth-order valence-corrected chi connectivity index (χ4v) is 5.95. The predicted octanol–water partition coefficient (Wildman–Crippen LogP) is 1.32. The number of allylic oxidation sites excluding steroid dienone is 1.